The average Bonchev–Trinajstić information content (AvgIpc) is 2.74. The predicted octanol–water partition coefficient (Wildman–Crippen LogP) is 1.19. The Balaban J connectivity index is 1.97. The number of nitrogens with two attached hydrogens (primary N) is 1. The number of hydrogen-bond donors (Lipinski definition) is 1. The van der Waals surface area contributed by atoms with Crippen molar-refractivity contribution in [2.45, 2.75) is 24.4 Å². The lowest BCUT2D eigenvalue weighted by Crippen LogP contribution is -1.97. The van der Waals surface area contributed by atoms with E-state index in [1.807, 2.05) is 6.92 Å². The largest absolute Gasteiger partial charge is 0.384 e. The number of nitrogen functional groups attached to an aromatic ring is 1. The Morgan fingerprint density at radius 2 is 2.22 bits per heavy atom. The lowest BCUT2D eigenvalue weighted by atomic mass is 10.4. The van der Waals surface area contributed by atoms with E-state index in [2.05, 4.69) is 20.1 Å². The van der Waals surface area contributed by atoms with E-state index >= 15 is 0 Å². The van der Waals surface area contributed by atoms with Crippen LogP contribution in [0.15, 0.2) is 15.7 Å². The van der Waals surface area contributed by atoms with Crippen LogP contribution in [0.25, 0.3) is 0 Å². The molecule has 2 aromatic rings. The van der Waals surface area contributed by atoms with Crippen LogP contribution in [0.2, 0.25) is 0 Å². The van der Waals surface area contributed by atoms with E-state index in [0.717, 1.165) is 5.69 Å². The van der Waals surface area contributed by atoms with Crippen LogP contribution in [0.1, 0.15) is 17.4 Å². The van der Waals surface area contributed by atoms with Gasteiger partial charge in [0.05, 0.1) is 5.75 Å². The van der Waals surface area contributed by atoms with Crippen LogP contribution >= 0.6 is 11.8 Å². The first-order chi connectivity index (χ1) is 8.67. The highest BCUT2D eigenvalue weighted by Crippen LogP contribution is 2.19. The average molecular weight is 267 g/mol. The molecule has 0 unspecified atom stereocenters. The Hall–Kier alpha value is -1.67. The SMILES string of the molecule is COCc1noc(CSc2nc(C)cc(N)n2)n1. The van der Waals surface area contributed by atoms with Crippen LogP contribution in [-0.2, 0) is 17.1 Å². The minimum Gasteiger partial charge on any atom is -0.384 e. The first kappa shape index (κ1) is 12.8. The van der Waals surface area contributed by atoms with Gasteiger partial charge in [0.15, 0.2) is 11.0 Å². The van der Waals surface area contributed by atoms with Gasteiger partial charge in [0.1, 0.15) is 12.4 Å². The molecule has 7 nitrogen and oxygen atoms in total. The minimum absolute atomic E-state index is 0.335. The van der Waals surface area contributed by atoms with Crippen molar-refractivity contribution in [2.24, 2.45) is 0 Å². The fourth-order valence-corrected chi connectivity index (χ4v) is 2.04. The molecule has 0 aliphatic heterocycles. The van der Waals surface area contributed by atoms with Gasteiger partial charge < -0.3 is 15.0 Å². The first-order valence-corrected chi connectivity index (χ1v) is 6.20. The van der Waals surface area contributed by atoms with Gasteiger partial charge in [0.2, 0.25) is 5.89 Å². The van der Waals surface area contributed by atoms with Crippen LogP contribution in [0.5, 0.6) is 0 Å². The number of nitrogens with zero attached hydrogens (tertiary/aromatic N) is 4. The summed E-state index contributed by atoms with van der Waals surface area (Å²) in [5.74, 6) is 1.99. The zero-order valence-corrected chi connectivity index (χ0v) is 10.9. The number of aromatic nitrogens is 4. The Kier molecular flexibility index (Phi) is 4.11. The minimum atomic E-state index is 0.335. The van der Waals surface area contributed by atoms with Crippen molar-refractivity contribution < 1.29 is 9.26 Å². The third-order valence-corrected chi connectivity index (χ3v) is 2.79. The molecule has 96 valence electrons. The second kappa shape index (κ2) is 5.78. The van der Waals surface area contributed by atoms with E-state index in [0.29, 0.717) is 35.0 Å². The molecule has 0 aliphatic carbocycles. The number of anilines is 1. The highest BCUT2D eigenvalue weighted by Gasteiger charge is 2.08. The van der Waals surface area contributed by atoms with Gasteiger partial charge in [0.25, 0.3) is 0 Å². The number of rotatable bonds is 5. The number of aryl methyl sites for hydroxylation is 1. The fraction of sp³-hybridized carbons (Fsp3) is 0.400. The normalized spacial score (nSPS) is 10.8. The molecule has 8 heteroatoms. The summed E-state index contributed by atoms with van der Waals surface area (Å²) in [6.45, 7) is 2.20. The van der Waals surface area contributed by atoms with Crippen LogP contribution in [-0.4, -0.2) is 27.2 Å². The Morgan fingerprint density at radius 3 is 2.94 bits per heavy atom. The second-order valence-electron chi connectivity index (χ2n) is 3.54. The van der Waals surface area contributed by atoms with E-state index < -0.39 is 0 Å². The Labute approximate surface area is 108 Å². The van der Waals surface area contributed by atoms with Gasteiger partial charge in [-0.15, -0.1) is 0 Å². The zero-order chi connectivity index (χ0) is 13.0. The topological polar surface area (TPSA) is 100.0 Å². The van der Waals surface area contributed by atoms with E-state index in [1.165, 1.54) is 11.8 Å². The molecule has 0 spiro atoms. The van der Waals surface area contributed by atoms with Crippen LogP contribution in [0.4, 0.5) is 5.82 Å². The highest BCUT2D eigenvalue weighted by atomic mass is 32.2. The smallest absolute Gasteiger partial charge is 0.237 e. The third-order valence-electron chi connectivity index (χ3n) is 1.96. The Bertz CT molecular complexity index is 510. The standard InChI is InChI=1S/C10H13N5O2S/c1-6-3-7(11)13-10(12-6)18-5-9-14-8(4-16-2)15-17-9/h3H,4-5H2,1-2H3,(H2,11,12,13). The van der Waals surface area contributed by atoms with E-state index in [9.17, 15) is 0 Å². The zero-order valence-electron chi connectivity index (χ0n) is 10.1. The summed E-state index contributed by atoms with van der Waals surface area (Å²) in [6, 6.07) is 1.72. The molecule has 0 bridgehead atoms. The van der Waals surface area contributed by atoms with Crippen molar-refractivity contribution in [1.82, 2.24) is 20.1 Å². The summed E-state index contributed by atoms with van der Waals surface area (Å²) in [7, 11) is 1.58. The summed E-state index contributed by atoms with van der Waals surface area (Å²) in [5.41, 5.74) is 6.47. The quantitative estimate of drug-likeness (QED) is 0.637. The molecule has 0 amide bonds. The van der Waals surface area contributed by atoms with E-state index in [-0.39, 0.29) is 0 Å². The summed E-state index contributed by atoms with van der Waals surface area (Å²) in [5, 5.41) is 4.36. The molecule has 0 saturated heterocycles. The maximum absolute atomic E-state index is 5.64. The van der Waals surface area contributed by atoms with E-state index in [1.54, 1.807) is 13.2 Å². The third kappa shape index (κ3) is 3.41. The van der Waals surface area contributed by atoms with Gasteiger partial charge >= 0.3 is 0 Å². The van der Waals surface area contributed by atoms with Gasteiger partial charge in [-0.05, 0) is 6.92 Å². The maximum atomic E-state index is 5.64. The van der Waals surface area contributed by atoms with Crippen LogP contribution < -0.4 is 5.73 Å². The van der Waals surface area contributed by atoms with Crippen molar-refractivity contribution in [3.63, 3.8) is 0 Å². The second-order valence-corrected chi connectivity index (χ2v) is 4.49. The molecule has 0 aromatic carbocycles. The molecule has 0 aliphatic rings. The fourth-order valence-electron chi connectivity index (χ4n) is 1.29. The van der Waals surface area contributed by atoms with Gasteiger partial charge in [-0.2, -0.15) is 4.98 Å². The molecule has 18 heavy (non-hydrogen) atoms. The summed E-state index contributed by atoms with van der Waals surface area (Å²) < 4.78 is 9.95. The number of methoxy groups -OCH3 is 1. The number of ether oxygens (including phenoxy) is 1. The van der Waals surface area contributed by atoms with Gasteiger partial charge in [-0.25, -0.2) is 9.97 Å². The lowest BCUT2D eigenvalue weighted by molar-refractivity contribution is 0.174. The van der Waals surface area contributed by atoms with Crippen molar-refractivity contribution >= 4 is 17.6 Å². The molecule has 0 fully saturated rings. The van der Waals surface area contributed by atoms with Crippen LogP contribution in [0.3, 0.4) is 0 Å². The number of thioether (sulfide) groups is 1. The highest BCUT2D eigenvalue weighted by molar-refractivity contribution is 7.98. The molecular formula is C10H13N5O2S. The summed E-state index contributed by atoms with van der Waals surface area (Å²) in [4.78, 5) is 12.5. The molecular weight excluding hydrogens is 254 g/mol. The predicted molar refractivity (Wildman–Crippen MR) is 65.8 cm³/mol. The molecule has 2 N–H and O–H groups in total. The molecule has 2 rings (SSSR count). The van der Waals surface area contributed by atoms with Gasteiger partial charge in [-0.1, -0.05) is 16.9 Å². The molecule has 2 aromatic heterocycles. The Morgan fingerprint density at radius 1 is 1.39 bits per heavy atom. The lowest BCUT2D eigenvalue weighted by Gasteiger charge is -2.00. The first-order valence-electron chi connectivity index (χ1n) is 5.21. The van der Waals surface area contributed by atoms with Gasteiger partial charge in [0, 0.05) is 18.9 Å². The number of hydrogen-bond acceptors (Lipinski definition) is 8. The van der Waals surface area contributed by atoms with Crippen molar-refractivity contribution in [3.05, 3.63) is 23.5 Å². The van der Waals surface area contributed by atoms with Gasteiger partial charge in [-0.3, -0.25) is 0 Å². The van der Waals surface area contributed by atoms with Crippen molar-refractivity contribution in [3.8, 4) is 0 Å². The molecule has 0 atom stereocenters. The van der Waals surface area contributed by atoms with E-state index in [4.69, 9.17) is 15.0 Å². The molecule has 0 saturated carbocycles. The monoisotopic (exact) mass is 267 g/mol. The molecule has 2 heterocycles. The molecule has 0 radical (unpaired) electrons. The van der Waals surface area contributed by atoms with Crippen molar-refractivity contribution in [2.75, 3.05) is 12.8 Å². The summed E-state index contributed by atoms with van der Waals surface area (Å²) >= 11 is 1.39. The van der Waals surface area contributed by atoms with Crippen LogP contribution in [0, 0.1) is 6.92 Å². The summed E-state index contributed by atoms with van der Waals surface area (Å²) in [6.07, 6.45) is 0. The maximum Gasteiger partial charge on any atom is 0.237 e. The van der Waals surface area contributed by atoms with Crippen molar-refractivity contribution in [1.29, 1.82) is 0 Å².